The number of rotatable bonds is 28. The third-order valence-electron chi connectivity index (χ3n) is 11.2. The van der Waals surface area contributed by atoms with Crippen LogP contribution in [0.4, 0.5) is 16.2 Å². The molecule has 5 rings (SSSR count). The maximum Gasteiger partial charge on any atom is 0.418 e. The largest absolute Gasteiger partial charge is 0.491 e. The lowest BCUT2D eigenvalue weighted by Gasteiger charge is -2.29. The van der Waals surface area contributed by atoms with Crippen molar-refractivity contribution in [2.75, 3.05) is 16.6 Å². The van der Waals surface area contributed by atoms with Crippen molar-refractivity contribution in [3.8, 4) is 5.75 Å². The Kier molecular flexibility index (Phi) is 18.9. The number of cyclic esters (lactones) is 1. The van der Waals surface area contributed by atoms with Gasteiger partial charge in [-0.3, -0.25) is 19.0 Å². The highest BCUT2D eigenvalue weighted by atomic mass is 35.5. The number of hydrogen-bond acceptors (Lipinski definition) is 9. The van der Waals surface area contributed by atoms with Crippen molar-refractivity contribution >= 4 is 50.9 Å². The van der Waals surface area contributed by atoms with Gasteiger partial charge < -0.3 is 19.9 Å². The van der Waals surface area contributed by atoms with Gasteiger partial charge in [0.25, 0.3) is 21.8 Å². The molecule has 3 aromatic carbocycles. The number of ether oxygens (including phenoxy) is 2. The van der Waals surface area contributed by atoms with Gasteiger partial charge in [0, 0.05) is 6.20 Å². The Morgan fingerprint density at radius 2 is 1.40 bits per heavy atom. The molecule has 1 aromatic heterocycles. The minimum atomic E-state index is -4.26. The molecule has 13 nitrogen and oxygen atoms in total. The molecule has 0 spiro atoms. The lowest BCUT2D eigenvalue weighted by atomic mass is 10.0. The lowest BCUT2D eigenvalue weighted by molar-refractivity contribution is -0.141. The van der Waals surface area contributed by atoms with Gasteiger partial charge in [-0.25, -0.2) is 18.1 Å². The van der Waals surface area contributed by atoms with E-state index in [-0.39, 0.29) is 45.9 Å². The smallest absolute Gasteiger partial charge is 0.418 e. The first-order valence-electron chi connectivity index (χ1n) is 22.5. The Bertz CT molecular complexity index is 2200. The first-order valence-corrected chi connectivity index (χ1v) is 24.3. The zero-order valence-corrected chi connectivity index (χ0v) is 38.5. The number of aromatic nitrogens is 2. The zero-order valence-electron chi connectivity index (χ0n) is 36.9. The van der Waals surface area contributed by atoms with Crippen LogP contribution in [0.2, 0.25) is 5.02 Å². The predicted molar refractivity (Wildman–Crippen MR) is 246 cm³/mol. The average Bonchev–Trinajstić information content (AvgIpc) is 3.80. The lowest BCUT2D eigenvalue weighted by Crippen LogP contribution is -2.52. The summed E-state index contributed by atoms with van der Waals surface area (Å²) in [5.74, 6) is -1.70. The number of aliphatic hydroxyl groups excluding tert-OH is 1. The standard InChI is InChI=1S/C48H64ClN5O8S/c1-4-5-6-7-8-9-10-11-12-13-14-15-16-17-18-24-33-61-42-30-29-37(63(59,60)52-39-28-23-22-27-38(39)49)34-40(42)51-45(56)43(54-46(57)48(2,3)62-47(54)58)44(55)41-31-32-50-53(41)35-36-25-20-19-21-26-36/h19-23,25-32,34,43-44,52,55H,4-18,24,33,35H2,1-3H3,(H,51,56). The summed E-state index contributed by atoms with van der Waals surface area (Å²) in [5.41, 5.74) is -0.544. The van der Waals surface area contributed by atoms with Gasteiger partial charge in [0.05, 0.1) is 40.1 Å². The molecular weight excluding hydrogens is 842 g/mol. The molecule has 4 aromatic rings. The molecule has 3 N–H and O–H groups in total. The Hall–Kier alpha value is -4.92. The molecule has 0 saturated carbocycles. The minimum Gasteiger partial charge on any atom is -0.491 e. The summed E-state index contributed by atoms with van der Waals surface area (Å²) in [6.07, 6.45) is 18.1. The van der Waals surface area contributed by atoms with Gasteiger partial charge in [-0.05, 0) is 62.2 Å². The maximum absolute atomic E-state index is 14.5. The molecule has 0 aliphatic carbocycles. The summed E-state index contributed by atoms with van der Waals surface area (Å²) in [4.78, 5) is 41.9. The number of para-hydroxylation sites is 1. The number of sulfonamides is 1. The highest BCUT2D eigenvalue weighted by Crippen LogP contribution is 2.35. The van der Waals surface area contributed by atoms with Crippen molar-refractivity contribution < 1.29 is 37.4 Å². The molecule has 1 fully saturated rings. The van der Waals surface area contributed by atoms with Gasteiger partial charge in [0.2, 0.25) is 0 Å². The third-order valence-corrected chi connectivity index (χ3v) is 12.9. The summed E-state index contributed by atoms with van der Waals surface area (Å²) in [7, 11) is -4.26. The van der Waals surface area contributed by atoms with E-state index in [0.717, 1.165) is 31.2 Å². The minimum absolute atomic E-state index is 0.0622. The number of amides is 3. The van der Waals surface area contributed by atoms with E-state index in [9.17, 15) is 27.9 Å². The van der Waals surface area contributed by atoms with Gasteiger partial charge in [-0.1, -0.05) is 157 Å². The molecule has 2 unspecified atom stereocenters. The van der Waals surface area contributed by atoms with E-state index in [1.807, 2.05) is 30.3 Å². The number of anilines is 2. The Morgan fingerprint density at radius 1 is 0.810 bits per heavy atom. The second-order valence-corrected chi connectivity index (χ2v) is 18.8. The Labute approximate surface area is 377 Å². The summed E-state index contributed by atoms with van der Waals surface area (Å²) in [5, 5.41) is 19.2. The Morgan fingerprint density at radius 3 is 1.98 bits per heavy atom. The molecule has 1 saturated heterocycles. The second kappa shape index (κ2) is 24.2. The summed E-state index contributed by atoms with van der Waals surface area (Å²) < 4.78 is 42.8. The first-order chi connectivity index (χ1) is 30.3. The number of benzene rings is 3. The number of unbranched alkanes of at least 4 members (excludes halogenated alkanes) is 15. The van der Waals surface area contributed by atoms with Gasteiger partial charge in [-0.2, -0.15) is 5.10 Å². The molecule has 1 aliphatic rings. The van der Waals surface area contributed by atoms with E-state index in [4.69, 9.17) is 21.1 Å². The number of hydrogen-bond donors (Lipinski definition) is 3. The monoisotopic (exact) mass is 905 g/mol. The van der Waals surface area contributed by atoms with Gasteiger partial charge in [0.15, 0.2) is 11.6 Å². The van der Waals surface area contributed by atoms with Crippen LogP contribution in [-0.4, -0.2) is 64.4 Å². The zero-order chi connectivity index (χ0) is 45.2. The quantitative estimate of drug-likeness (QED) is 0.0470. The average molecular weight is 907 g/mol. The second-order valence-electron chi connectivity index (χ2n) is 16.7. The van der Waals surface area contributed by atoms with Crippen LogP contribution in [-0.2, 0) is 30.9 Å². The van der Waals surface area contributed by atoms with Crippen LogP contribution in [0.1, 0.15) is 141 Å². The van der Waals surface area contributed by atoms with Crippen molar-refractivity contribution in [2.45, 2.75) is 153 Å². The molecular formula is C48H64ClN5O8S. The van der Waals surface area contributed by atoms with Crippen LogP contribution in [0.15, 0.2) is 90.0 Å². The number of halogens is 1. The number of aliphatic hydroxyl groups is 1. The molecule has 63 heavy (non-hydrogen) atoms. The molecule has 0 radical (unpaired) electrons. The summed E-state index contributed by atoms with van der Waals surface area (Å²) in [6.45, 7) is 5.52. The molecule has 1 aliphatic heterocycles. The fraction of sp³-hybridized carbons (Fsp3) is 0.500. The van der Waals surface area contributed by atoms with Crippen molar-refractivity contribution in [1.29, 1.82) is 0 Å². The Balaban J connectivity index is 1.28. The van der Waals surface area contributed by atoms with E-state index in [1.54, 1.807) is 18.2 Å². The van der Waals surface area contributed by atoms with Crippen molar-refractivity contribution in [3.05, 3.63) is 101 Å². The first kappa shape index (κ1) is 49.1. The molecule has 3 amide bonds. The van der Waals surface area contributed by atoms with Crippen molar-refractivity contribution in [2.24, 2.45) is 0 Å². The van der Waals surface area contributed by atoms with E-state index < -0.39 is 45.7 Å². The molecule has 2 atom stereocenters. The SMILES string of the molecule is CCCCCCCCCCCCCCCCCCOc1ccc(S(=O)(=O)Nc2ccccc2Cl)cc1NC(=O)C(C(O)c1ccnn1Cc1ccccc1)N1C(=O)OC(C)(C)C1=O. The van der Waals surface area contributed by atoms with E-state index >= 15 is 0 Å². The summed E-state index contributed by atoms with van der Waals surface area (Å²) in [6, 6.07) is 19.3. The molecule has 0 bridgehead atoms. The number of nitrogens with zero attached hydrogens (tertiary/aromatic N) is 3. The normalized spacial score (nSPS) is 14.7. The van der Waals surface area contributed by atoms with Crippen molar-refractivity contribution in [3.63, 3.8) is 0 Å². The van der Waals surface area contributed by atoms with Crippen LogP contribution >= 0.6 is 11.6 Å². The molecule has 15 heteroatoms. The third kappa shape index (κ3) is 14.3. The van der Waals surface area contributed by atoms with Crippen LogP contribution in [0.25, 0.3) is 0 Å². The van der Waals surface area contributed by atoms with Crippen LogP contribution in [0, 0.1) is 0 Å². The fourth-order valence-corrected chi connectivity index (χ4v) is 9.00. The van der Waals surface area contributed by atoms with E-state index in [1.165, 1.54) is 132 Å². The van der Waals surface area contributed by atoms with E-state index in [0.29, 0.717) is 4.90 Å². The highest BCUT2D eigenvalue weighted by Gasteiger charge is 2.54. The summed E-state index contributed by atoms with van der Waals surface area (Å²) >= 11 is 6.27. The van der Waals surface area contributed by atoms with Crippen molar-refractivity contribution in [1.82, 2.24) is 14.7 Å². The number of carbonyl (C=O) groups is 3. The molecule has 342 valence electrons. The topological polar surface area (TPSA) is 169 Å². The maximum atomic E-state index is 14.5. The van der Waals surface area contributed by atoms with E-state index in [2.05, 4.69) is 22.1 Å². The van der Waals surface area contributed by atoms with Crippen LogP contribution in [0.5, 0.6) is 5.75 Å². The number of nitrogens with one attached hydrogen (secondary N) is 2. The fourth-order valence-electron chi connectivity index (χ4n) is 7.66. The molecule has 2 heterocycles. The van der Waals surface area contributed by atoms with Gasteiger partial charge in [0.1, 0.15) is 11.9 Å². The van der Waals surface area contributed by atoms with Crippen LogP contribution in [0.3, 0.4) is 0 Å². The van der Waals surface area contributed by atoms with Crippen LogP contribution < -0.4 is 14.8 Å². The van der Waals surface area contributed by atoms with Gasteiger partial charge >= 0.3 is 6.09 Å². The van der Waals surface area contributed by atoms with Gasteiger partial charge in [-0.15, -0.1) is 0 Å². The predicted octanol–water partition coefficient (Wildman–Crippen LogP) is 10.8. The highest BCUT2D eigenvalue weighted by molar-refractivity contribution is 7.92. The number of imide groups is 1. The number of carbonyl (C=O) groups excluding carboxylic acids is 3.